The van der Waals surface area contributed by atoms with Crippen molar-refractivity contribution in [1.29, 1.82) is 0 Å². The van der Waals surface area contributed by atoms with Crippen molar-refractivity contribution in [3.63, 3.8) is 0 Å². The zero-order valence-electron chi connectivity index (χ0n) is 50.5. The van der Waals surface area contributed by atoms with Crippen molar-refractivity contribution in [3.8, 4) is 22.5 Å². The van der Waals surface area contributed by atoms with Crippen molar-refractivity contribution in [3.05, 3.63) is 114 Å². The standard InChI is InChI=1S/C63H87N9O12/c1-39(2)51(69-62(76)79-10)59(73)70-27-11-13-49(70)57-65-37-47(67-57)41-15-19-43(20-16-41)52-55(82-35-33-80-31-29-77-8)56(83-36-34-81-32-30-78-9)53(72(52)46-25-23-45(24-26-46)63(5,6)7)44-21-17-42(18-22-44)48-38-66-58(68-48)50-14-12-28-71(50)60(74)54(40(3)4)84-61(64)75/h15-26,37-40,49-56H,11-14,27-36H2,1-10H3,(H2,64,75)(H,65,67)(H,66,68)(H,69,76)/t49-,50-,51-,52-,53-,54-,55+,56+/m0/s1. The smallest absolute Gasteiger partial charge is 0.407 e. The molecule has 0 unspecified atom stereocenters. The van der Waals surface area contributed by atoms with Gasteiger partial charge in [-0.05, 0) is 82.9 Å². The molecule has 0 aliphatic carbocycles. The number of hydrogen-bond donors (Lipinski definition) is 4. The molecule has 5 heterocycles. The Morgan fingerprint density at radius 3 is 1.51 bits per heavy atom. The number of H-pyrrole nitrogens is 2. The van der Waals surface area contributed by atoms with Crippen LogP contribution < -0.4 is 16.0 Å². The lowest BCUT2D eigenvalue weighted by Crippen LogP contribution is -2.51. The van der Waals surface area contributed by atoms with E-state index in [9.17, 15) is 19.2 Å². The molecule has 3 aromatic carbocycles. The zero-order valence-corrected chi connectivity index (χ0v) is 50.5. The van der Waals surface area contributed by atoms with Gasteiger partial charge in [-0.2, -0.15) is 0 Å². The SMILES string of the molecule is COCCOCCO[C@H]1[C@H](OCCOCCOC)[C@H](c2ccc(-c3cnc([C@@H]4CCCN4C(=O)[C@@H](OC(N)=O)C(C)C)[nH]3)cc2)N(c2ccc(C(C)(C)C)cc2)[C@H]1c1ccc(-c2cnc([C@@H]3CCCN3C(=O)[C@@H](NC(=O)OC)C(C)C)[nH]2)cc1. The second kappa shape index (κ2) is 29.3. The zero-order chi connectivity index (χ0) is 60.1. The fraction of sp³-hybridized carbons (Fsp3) is 0.556. The van der Waals surface area contributed by atoms with Crippen LogP contribution in [0.2, 0.25) is 0 Å². The van der Waals surface area contributed by atoms with E-state index >= 15 is 0 Å². The van der Waals surface area contributed by atoms with Gasteiger partial charge in [0.15, 0.2) is 6.10 Å². The molecule has 3 saturated heterocycles. The largest absolute Gasteiger partial charge is 0.453 e. The molecule has 0 saturated carbocycles. The van der Waals surface area contributed by atoms with Crippen molar-refractivity contribution >= 4 is 29.7 Å². The van der Waals surface area contributed by atoms with Crippen LogP contribution in [-0.2, 0) is 52.9 Å². The minimum atomic E-state index is -1.00. The number of alkyl carbamates (subject to hydrolysis) is 1. The van der Waals surface area contributed by atoms with E-state index in [1.54, 1.807) is 25.3 Å². The van der Waals surface area contributed by atoms with Crippen molar-refractivity contribution in [2.45, 2.75) is 128 Å². The third-order valence-corrected chi connectivity index (χ3v) is 16.0. The predicted molar refractivity (Wildman–Crippen MR) is 317 cm³/mol. The van der Waals surface area contributed by atoms with Crippen molar-refractivity contribution in [1.82, 2.24) is 35.1 Å². The molecule has 8 rings (SSSR count). The molecule has 0 bridgehead atoms. The van der Waals surface area contributed by atoms with E-state index in [4.69, 9.17) is 53.6 Å². The van der Waals surface area contributed by atoms with E-state index in [0.717, 1.165) is 58.6 Å². The lowest BCUT2D eigenvalue weighted by molar-refractivity contribution is -0.143. The number of imidazole rings is 2. The predicted octanol–water partition coefficient (Wildman–Crippen LogP) is 8.99. The number of rotatable bonds is 27. The summed E-state index contributed by atoms with van der Waals surface area (Å²) in [5.41, 5.74) is 12.8. The summed E-state index contributed by atoms with van der Waals surface area (Å²) in [6.07, 6.45) is 2.90. The van der Waals surface area contributed by atoms with Gasteiger partial charge in [-0.1, -0.05) is 109 Å². The van der Waals surface area contributed by atoms with Crippen LogP contribution in [0.1, 0.15) is 127 Å². The van der Waals surface area contributed by atoms with Crippen LogP contribution in [0.25, 0.3) is 22.5 Å². The molecule has 3 aliphatic rings. The third kappa shape index (κ3) is 15.1. The van der Waals surface area contributed by atoms with E-state index in [1.165, 1.54) is 12.7 Å². The van der Waals surface area contributed by atoms with E-state index in [1.807, 2.05) is 38.8 Å². The van der Waals surface area contributed by atoms with Crippen LogP contribution in [-0.4, -0.2) is 165 Å². The number of hydrogen-bond acceptors (Lipinski definition) is 15. The molecule has 3 fully saturated rings. The van der Waals surface area contributed by atoms with Gasteiger partial charge >= 0.3 is 12.2 Å². The lowest BCUT2D eigenvalue weighted by atomic mass is 9.87. The van der Waals surface area contributed by atoms with Crippen LogP contribution in [0, 0.1) is 11.8 Å². The Kier molecular flexibility index (Phi) is 22.0. The molecule has 5 N–H and O–H groups in total. The van der Waals surface area contributed by atoms with Gasteiger partial charge < -0.3 is 73.6 Å². The highest BCUT2D eigenvalue weighted by Gasteiger charge is 2.52. The first-order chi connectivity index (χ1) is 40.4. The quantitative estimate of drug-likeness (QED) is 0.0358. The number of nitrogens with zero attached hydrogens (tertiary/aromatic N) is 5. The molecule has 456 valence electrons. The van der Waals surface area contributed by atoms with Crippen LogP contribution in [0.4, 0.5) is 15.3 Å². The van der Waals surface area contributed by atoms with Crippen molar-refractivity contribution < 1.29 is 57.1 Å². The molecule has 5 aromatic rings. The monoisotopic (exact) mass is 1160 g/mol. The third-order valence-electron chi connectivity index (χ3n) is 16.0. The molecule has 84 heavy (non-hydrogen) atoms. The van der Waals surface area contributed by atoms with E-state index in [-0.39, 0.29) is 66.4 Å². The Labute approximate surface area is 493 Å². The molecule has 0 spiro atoms. The number of aromatic amines is 2. The van der Waals surface area contributed by atoms with Gasteiger partial charge in [0.05, 0.1) is 108 Å². The molecule has 8 atom stereocenters. The number of amides is 4. The van der Waals surface area contributed by atoms with Gasteiger partial charge in [-0.15, -0.1) is 0 Å². The molecular formula is C63H87N9O12. The summed E-state index contributed by atoms with van der Waals surface area (Å²) >= 11 is 0. The molecule has 21 nitrogen and oxygen atoms in total. The molecule has 0 radical (unpaired) electrons. The maximum atomic E-state index is 14.0. The molecule has 2 aromatic heterocycles. The number of carbonyl (C=O) groups excluding carboxylic acids is 4. The first-order valence-electron chi connectivity index (χ1n) is 29.4. The van der Waals surface area contributed by atoms with Gasteiger partial charge in [-0.3, -0.25) is 9.59 Å². The number of likely N-dealkylation sites (tertiary alicyclic amines) is 2. The number of carbonyl (C=O) groups is 4. The van der Waals surface area contributed by atoms with E-state index < -0.39 is 36.5 Å². The maximum Gasteiger partial charge on any atom is 0.407 e. The Bertz CT molecular complexity index is 2910. The fourth-order valence-electron chi connectivity index (χ4n) is 11.6. The normalized spacial score (nSPS) is 20.7. The number of nitrogens with two attached hydrogens (primary N) is 1. The highest BCUT2D eigenvalue weighted by Crippen LogP contribution is 2.51. The highest BCUT2D eigenvalue weighted by atomic mass is 16.6. The highest BCUT2D eigenvalue weighted by molar-refractivity contribution is 5.86. The first kappa shape index (κ1) is 63.1. The number of nitrogens with one attached hydrogen (secondary N) is 3. The van der Waals surface area contributed by atoms with Crippen LogP contribution >= 0.6 is 0 Å². The maximum absolute atomic E-state index is 14.0. The number of benzene rings is 3. The second-order valence-corrected chi connectivity index (χ2v) is 23.4. The van der Waals surface area contributed by atoms with Gasteiger partial charge in [0.25, 0.3) is 5.91 Å². The molecule has 21 heteroatoms. The number of aromatic nitrogens is 4. The minimum absolute atomic E-state index is 0.0960. The van der Waals surface area contributed by atoms with Gasteiger partial charge in [0, 0.05) is 33.0 Å². The fourth-order valence-corrected chi connectivity index (χ4v) is 11.6. The van der Waals surface area contributed by atoms with Crippen molar-refractivity contribution in [2.24, 2.45) is 17.6 Å². The van der Waals surface area contributed by atoms with Crippen LogP contribution in [0.5, 0.6) is 0 Å². The summed E-state index contributed by atoms with van der Waals surface area (Å²) in [5, 5.41) is 2.74. The summed E-state index contributed by atoms with van der Waals surface area (Å²) in [6.45, 7) is 18.1. The Morgan fingerprint density at radius 1 is 0.631 bits per heavy atom. The Balaban J connectivity index is 1.15. The topological polar surface area (TPSA) is 247 Å². The number of ether oxygens (including phenoxy) is 8. The Hall–Kier alpha value is -6.88. The minimum Gasteiger partial charge on any atom is -0.453 e. The summed E-state index contributed by atoms with van der Waals surface area (Å²) in [6, 6.07) is 23.5. The van der Waals surface area contributed by atoms with E-state index in [2.05, 4.69) is 114 Å². The molecule has 3 aliphatic heterocycles. The van der Waals surface area contributed by atoms with E-state index in [0.29, 0.717) is 70.8 Å². The summed E-state index contributed by atoms with van der Waals surface area (Å²) < 4.78 is 46.8. The van der Waals surface area contributed by atoms with Gasteiger partial charge in [-0.25, -0.2) is 19.6 Å². The summed E-state index contributed by atoms with van der Waals surface area (Å²) in [5.74, 6) is 0.432. The Morgan fingerprint density at radius 2 is 1.10 bits per heavy atom. The summed E-state index contributed by atoms with van der Waals surface area (Å²) in [4.78, 5) is 74.5. The van der Waals surface area contributed by atoms with Crippen molar-refractivity contribution in [2.75, 3.05) is 92.2 Å². The second-order valence-electron chi connectivity index (χ2n) is 23.4. The number of anilines is 1. The van der Waals surface area contributed by atoms with Gasteiger partial charge in [0.2, 0.25) is 5.91 Å². The summed E-state index contributed by atoms with van der Waals surface area (Å²) in [7, 11) is 4.58. The van der Waals surface area contributed by atoms with Gasteiger partial charge in [0.1, 0.15) is 29.9 Å². The number of methoxy groups -OCH3 is 3. The van der Waals surface area contributed by atoms with Crippen LogP contribution in [0.15, 0.2) is 85.2 Å². The average molecular weight is 1160 g/mol. The first-order valence-corrected chi connectivity index (χ1v) is 29.4. The average Bonchev–Trinajstić information content (AvgIpc) is 2.18. The van der Waals surface area contributed by atoms with Crippen LogP contribution in [0.3, 0.4) is 0 Å². The molecular weight excluding hydrogens is 1070 g/mol. The number of primary amides is 1. The lowest BCUT2D eigenvalue weighted by Gasteiger charge is -2.35. The molecule has 4 amide bonds.